The third kappa shape index (κ3) is 2.70. The van der Waals surface area contributed by atoms with Gasteiger partial charge in [0.2, 0.25) is 0 Å². The molecule has 106 valence electrons. The number of alkyl halides is 1. The number of aryl methyl sites for hydroxylation is 1. The fourth-order valence-electron chi connectivity index (χ4n) is 2.54. The lowest BCUT2D eigenvalue weighted by Crippen LogP contribution is -2.46. The van der Waals surface area contributed by atoms with Crippen LogP contribution < -0.4 is 10.6 Å². The van der Waals surface area contributed by atoms with Gasteiger partial charge in [0, 0.05) is 24.6 Å². The molecule has 1 aliphatic rings. The molecule has 3 rings (SSSR count). The van der Waals surface area contributed by atoms with Crippen LogP contribution in [0.15, 0.2) is 18.5 Å². The lowest BCUT2D eigenvalue weighted by atomic mass is 9.96. The highest BCUT2D eigenvalue weighted by molar-refractivity contribution is 5.85. The predicted molar refractivity (Wildman–Crippen MR) is 76.5 cm³/mol. The lowest BCUT2D eigenvalue weighted by Gasteiger charge is -2.30. The zero-order valence-electron chi connectivity index (χ0n) is 11.5. The molecule has 0 unspecified atom stereocenters. The first-order chi connectivity index (χ1) is 9.66. The van der Waals surface area contributed by atoms with E-state index in [4.69, 9.17) is 0 Å². The third-order valence-electron chi connectivity index (χ3n) is 3.58. The van der Waals surface area contributed by atoms with Gasteiger partial charge in [0.25, 0.3) is 0 Å². The summed E-state index contributed by atoms with van der Waals surface area (Å²) in [5.41, 5.74) is 1.08. The summed E-state index contributed by atoms with van der Waals surface area (Å²) in [6, 6.07) is 1.88. The summed E-state index contributed by atoms with van der Waals surface area (Å²) in [6.07, 6.45) is 4.70. The topological polar surface area (TPSA) is 62.7 Å². The van der Waals surface area contributed by atoms with Crippen LogP contribution in [0.1, 0.15) is 18.5 Å². The summed E-state index contributed by atoms with van der Waals surface area (Å²) in [4.78, 5) is 13.0. The Bertz CT molecular complexity index is 610. The van der Waals surface area contributed by atoms with Crippen LogP contribution in [0, 0.1) is 6.92 Å². The third-order valence-corrected chi connectivity index (χ3v) is 3.58. The monoisotopic (exact) mass is 275 g/mol. The van der Waals surface area contributed by atoms with Crippen molar-refractivity contribution in [3.05, 3.63) is 24.2 Å². The maximum Gasteiger partial charge on any atom is 0.154 e. The number of rotatable bonds is 3. The summed E-state index contributed by atoms with van der Waals surface area (Å²) in [5, 5.41) is 6.21. The molecule has 0 radical (unpaired) electrons. The molecule has 3 heterocycles. The average molecular weight is 275 g/mol. The zero-order chi connectivity index (χ0) is 14.0. The number of piperidine rings is 1. The minimum absolute atomic E-state index is 0.238. The molecule has 0 aliphatic carbocycles. The standard InChI is InChI=1S/C14H18FN5/c1-10-7-11-12(18-6-5-17-11)13(20-10)19-9-14(15)3-2-4-16-8-14/h5-7,16H,2-4,8-9H2,1H3,(H,19,20)/t14-/m0/s1. The Hall–Kier alpha value is -1.82. The van der Waals surface area contributed by atoms with Crippen LogP contribution in [-0.2, 0) is 0 Å². The van der Waals surface area contributed by atoms with Crippen LogP contribution in [-0.4, -0.2) is 40.3 Å². The van der Waals surface area contributed by atoms with E-state index in [0.29, 0.717) is 24.3 Å². The smallest absolute Gasteiger partial charge is 0.154 e. The Morgan fingerprint density at radius 2 is 2.25 bits per heavy atom. The van der Waals surface area contributed by atoms with Crippen LogP contribution in [0.25, 0.3) is 11.0 Å². The van der Waals surface area contributed by atoms with Gasteiger partial charge < -0.3 is 10.6 Å². The average Bonchev–Trinajstić information content (AvgIpc) is 2.45. The molecular weight excluding hydrogens is 257 g/mol. The molecular formula is C14H18FN5. The van der Waals surface area contributed by atoms with Gasteiger partial charge in [0.1, 0.15) is 11.2 Å². The van der Waals surface area contributed by atoms with Gasteiger partial charge in [0.05, 0.1) is 12.1 Å². The number of pyridine rings is 1. The van der Waals surface area contributed by atoms with E-state index >= 15 is 0 Å². The summed E-state index contributed by atoms with van der Waals surface area (Å²) in [6.45, 7) is 3.41. The van der Waals surface area contributed by atoms with Gasteiger partial charge in [-0.25, -0.2) is 14.4 Å². The minimum atomic E-state index is -1.22. The first-order valence-electron chi connectivity index (χ1n) is 6.88. The molecule has 5 nitrogen and oxygen atoms in total. The Labute approximate surface area is 117 Å². The largest absolute Gasteiger partial charge is 0.365 e. The van der Waals surface area contributed by atoms with Gasteiger partial charge in [-0.2, -0.15) is 0 Å². The fourth-order valence-corrected chi connectivity index (χ4v) is 2.54. The zero-order valence-corrected chi connectivity index (χ0v) is 11.5. The highest BCUT2D eigenvalue weighted by Crippen LogP contribution is 2.23. The van der Waals surface area contributed by atoms with Crippen molar-refractivity contribution in [1.29, 1.82) is 0 Å². The van der Waals surface area contributed by atoms with E-state index < -0.39 is 5.67 Å². The first kappa shape index (κ1) is 13.2. The van der Waals surface area contributed by atoms with Gasteiger partial charge in [-0.3, -0.25) is 4.98 Å². The van der Waals surface area contributed by atoms with E-state index in [1.807, 2.05) is 13.0 Å². The molecule has 0 bridgehead atoms. The number of hydrogen-bond donors (Lipinski definition) is 2. The van der Waals surface area contributed by atoms with E-state index in [-0.39, 0.29) is 6.54 Å². The van der Waals surface area contributed by atoms with E-state index in [0.717, 1.165) is 24.2 Å². The molecule has 0 amide bonds. The summed E-state index contributed by atoms with van der Waals surface area (Å²) in [5.74, 6) is 0.607. The summed E-state index contributed by atoms with van der Waals surface area (Å²) < 4.78 is 14.6. The van der Waals surface area contributed by atoms with E-state index in [1.165, 1.54) is 0 Å². The Kier molecular flexibility index (Phi) is 3.48. The molecule has 20 heavy (non-hydrogen) atoms. The molecule has 2 aromatic rings. The van der Waals surface area contributed by atoms with Crippen molar-refractivity contribution in [3.8, 4) is 0 Å². The highest BCUT2D eigenvalue weighted by atomic mass is 19.1. The van der Waals surface area contributed by atoms with Gasteiger partial charge in [-0.15, -0.1) is 0 Å². The molecule has 2 N–H and O–H groups in total. The molecule has 2 aromatic heterocycles. The van der Waals surface area contributed by atoms with Crippen molar-refractivity contribution in [3.63, 3.8) is 0 Å². The van der Waals surface area contributed by atoms with E-state index in [2.05, 4.69) is 25.6 Å². The van der Waals surface area contributed by atoms with Crippen molar-refractivity contribution in [1.82, 2.24) is 20.3 Å². The number of fused-ring (bicyclic) bond motifs is 1. The van der Waals surface area contributed by atoms with Crippen molar-refractivity contribution >= 4 is 16.9 Å². The molecule has 6 heteroatoms. The predicted octanol–water partition coefficient (Wildman–Crippen LogP) is 1.84. The number of anilines is 1. The van der Waals surface area contributed by atoms with Crippen molar-refractivity contribution in [2.75, 3.05) is 25.0 Å². The SMILES string of the molecule is Cc1cc2nccnc2c(NC[C@]2(F)CCCNC2)n1. The van der Waals surface area contributed by atoms with E-state index in [1.54, 1.807) is 12.4 Å². The maximum absolute atomic E-state index is 14.6. The second kappa shape index (κ2) is 5.28. The Balaban J connectivity index is 1.83. The first-order valence-corrected chi connectivity index (χ1v) is 6.88. The molecule has 1 aliphatic heterocycles. The number of hydrogen-bond acceptors (Lipinski definition) is 5. The quantitative estimate of drug-likeness (QED) is 0.895. The van der Waals surface area contributed by atoms with Crippen LogP contribution in [0.3, 0.4) is 0 Å². The normalized spacial score (nSPS) is 22.9. The highest BCUT2D eigenvalue weighted by Gasteiger charge is 2.31. The summed E-state index contributed by atoms with van der Waals surface area (Å²) >= 11 is 0. The molecule has 0 spiro atoms. The minimum Gasteiger partial charge on any atom is -0.365 e. The van der Waals surface area contributed by atoms with Gasteiger partial charge in [-0.1, -0.05) is 0 Å². The van der Waals surface area contributed by atoms with Gasteiger partial charge in [-0.05, 0) is 32.4 Å². The fraction of sp³-hybridized carbons (Fsp3) is 0.500. The number of halogens is 1. The number of nitrogens with one attached hydrogen (secondary N) is 2. The summed E-state index contributed by atoms with van der Waals surface area (Å²) in [7, 11) is 0. The Morgan fingerprint density at radius 1 is 1.40 bits per heavy atom. The van der Waals surface area contributed by atoms with Crippen LogP contribution >= 0.6 is 0 Å². The van der Waals surface area contributed by atoms with Crippen molar-refractivity contribution in [2.45, 2.75) is 25.4 Å². The molecule has 1 fully saturated rings. The number of nitrogens with zero attached hydrogens (tertiary/aromatic N) is 3. The molecule has 1 saturated heterocycles. The van der Waals surface area contributed by atoms with Crippen molar-refractivity contribution in [2.24, 2.45) is 0 Å². The molecule has 0 aromatic carbocycles. The second-order valence-corrected chi connectivity index (χ2v) is 5.32. The van der Waals surface area contributed by atoms with Crippen molar-refractivity contribution < 1.29 is 4.39 Å². The number of aromatic nitrogens is 3. The Morgan fingerprint density at radius 3 is 3.05 bits per heavy atom. The van der Waals surface area contributed by atoms with E-state index in [9.17, 15) is 4.39 Å². The van der Waals surface area contributed by atoms with Crippen LogP contribution in [0.4, 0.5) is 10.2 Å². The maximum atomic E-state index is 14.6. The van der Waals surface area contributed by atoms with Crippen LogP contribution in [0.2, 0.25) is 0 Å². The lowest BCUT2D eigenvalue weighted by molar-refractivity contribution is 0.137. The second-order valence-electron chi connectivity index (χ2n) is 5.32. The molecule has 0 saturated carbocycles. The van der Waals surface area contributed by atoms with Crippen LogP contribution in [0.5, 0.6) is 0 Å². The van der Waals surface area contributed by atoms with Gasteiger partial charge >= 0.3 is 0 Å². The molecule has 1 atom stereocenters. The van der Waals surface area contributed by atoms with Gasteiger partial charge in [0.15, 0.2) is 5.82 Å².